The summed E-state index contributed by atoms with van der Waals surface area (Å²) in [6, 6.07) is 88.6. The lowest BCUT2D eigenvalue weighted by Crippen LogP contribution is -2.28. The van der Waals surface area contributed by atoms with Gasteiger partial charge in [0.1, 0.15) is 0 Å². The second kappa shape index (κ2) is 20.2. The molecule has 15 rings (SSSR count). The maximum atomic E-state index is 15.8. The Bertz CT molecular complexity index is 4520. The van der Waals surface area contributed by atoms with E-state index in [0.29, 0.717) is 22.7 Å². The first-order chi connectivity index (χ1) is 41.7. The summed E-state index contributed by atoms with van der Waals surface area (Å²) in [5, 5.41) is 1.84. The Balaban J connectivity index is 0.923. The summed E-state index contributed by atoms with van der Waals surface area (Å²) in [5.41, 5.74) is 17.3. The van der Waals surface area contributed by atoms with Crippen molar-refractivity contribution in [2.45, 2.75) is 10.8 Å². The van der Waals surface area contributed by atoms with Gasteiger partial charge < -0.3 is 9.80 Å². The van der Waals surface area contributed by atoms with E-state index < -0.39 is 34.1 Å². The number of benzene rings is 12. The summed E-state index contributed by atoms with van der Waals surface area (Å²) >= 11 is 1.64. The number of rotatable bonds is 12. The average molecular weight is 1120 g/mol. The van der Waals surface area contributed by atoms with E-state index in [1.165, 1.54) is 24.3 Å². The lowest BCUT2D eigenvalue weighted by atomic mass is 9.67. The van der Waals surface area contributed by atoms with Crippen molar-refractivity contribution in [3.63, 3.8) is 0 Å². The zero-order valence-electron chi connectivity index (χ0n) is 45.8. The molecule has 0 fully saturated rings. The lowest BCUT2D eigenvalue weighted by molar-refractivity contribution is 0.509. The molecule has 7 heteroatoms. The molecule has 0 aliphatic heterocycles. The first-order valence-electron chi connectivity index (χ1n) is 28.2. The van der Waals surface area contributed by atoms with Gasteiger partial charge in [-0.3, -0.25) is 0 Å². The van der Waals surface area contributed by atoms with Gasteiger partial charge in [0.25, 0.3) is 0 Å². The Kier molecular flexibility index (Phi) is 12.3. The molecule has 2 aliphatic rings. The predicted octanol–water partition coefficient (Wildman–Crippen LogP) is 21.6. The maximum absolute atomic E-state index is 15.8. The zero-order valence-corrected chi connectivity index (χ0v) is 46.6. The summed E-state index contributed by atoms with van der Waals surface area (Å²) in [4.78, 5) is 3.99. The molecule has 1 aromatic heterocycles. The molecule has 13 aromatic rings. The molecule has 0 bridgehead atoms. The Morgan fingerprint density at radius 3 is 1.02 bits per heavy atom. The van der Waals surface area contributed by atoms with Gasteiger partial charge in [0.2, 0.25) is 0 Å². The second-order valence-electron chi connectivity index (χ2n) is 21.8. The topological polar surface area (TPSA) is 6.48 Å². The number of hydrogen-bond acceptors (Lipinski definition) is 3. The fraction of sp³-hybridized carbons (Fsp3) is 0.0256. The highest BCUT2D eigenvalue weighted by atomic mass is 32.1. The van der Waals surface area contributed by atoms with Gasteiger partial charge in [0, 0.05) is 66.4 Å². The number of fused-ring (bicyclic) bond motifs is 9. The second-order valence-corrected chi connectivity index (χ2v) is 22.8. The third-order valence-electron chi connectivity index (χ3n) is 17.4. The van der Waals surface area contributed by atoms with Crippen molar-refractivity contribution < 1.29 is 17.6 Å². The smallest absolute Gasteiger partial charge is 0.160 e. The zero-order chi connectivity index (χ0) is 57.6. The van der Waals surface area contributed by atoms with Crippen molar-refractivity contribution in [2.24, 2.45) is 0 Å². The number of halogens is 4. The fourth-order valence-electron chi connectivity index (χ4n) is 13.7. The Labute approximate surface area is 494 Å². The first kappa shape index (κ1) is 51.5. The molecule has 0 amide bonds. The van der Waals surface area contributed by atoms with Crippen LogP contribution in [0.4, 0.5) is 51.7 Å². The van der Waals surface area contributed by atoms with Crippen LogP contribution in [0.3, 0.4) is 0 Å². The van der Waals surface area contributed by atoms with Crippen LogP contribution in [0, 0.1) is 23.3 Å². The normalized spacial score (nSPS) is 15.5. The van der Waals surface area contributed by atoms with Gasteiger partial charge in [-0.15, -0.1) is 11.3 Å². The van der Waals surface area contributed by atoms with Gasteiger partial charge >= 0.3 is 0 Å². The molecule has 2 aliphatic carbocycles. The van der Waals surface area contributed by atoms with Crippen molar-refractivity contribution in [3.05, 3.63) is 359 Å². The first-order valence-corrected chi connectivity index (χ1v) is 29.0. The van der Waals surface area contributed by atoms with Crippen LogP contribution in [-0.2, 0) is 10.8 Å². The quantitative estimate of drug-likeness (QED) is 0.113. The van der Waals surface area contributed by atoms with E-state index in [0.717, 1.165) is 109 Å². The van der Waals surface area contributed by atoms with Crippen molar-refractivity contribution in [1.82, 2.24) is 0 Å². The summed E-state index contributed by atoms with van der Waals surface area (Å²) < 4.78 is 63.7. The number of hydrogen-bond donors (Lipinski definition) is 0. The molecule has 0 N–H and O–H groups in total. The van der Waals surface area contributed by atoms with Crippen LogP contribution >= 0.6 is 11.3 Å². The standard InChI is InChI=1S/C78H50F4N2S/c1-3-49-23-27-53(28-24-49)77(51-15-7-5-8-16-51)67-21-13-11-19-61(67)63-37-31-57(45-69(63)77)83(59-33-39-71(79)73(81)47-59)55-35-41-75-65(43-55)66-44-56(36-42-76(66)85-75)84(60-34-40-72(80)74(82)48-60)58-32-38-64-62-20-12-14-22-68(62)78(70(64)46-58,52-17-9-6-10-18-52)54-29-25-50(4-2)26-30-54/h3-48H,1-2H2. The molecular formula is C78H50F4N2S. The van der Waals surface area contributed by atoms with Gasteiger partial charge in [-0.2, -0.15) is 0 Å². The van der Waals surface area contributed by atoms with E-state index in [1.807, 2.05) is 46.2 Å². The summed E-state index contributed by atoms with van der Waals surface area (Å²) in [6.45, 7) is 8.08. The number of anilines is 6. The molecule has 0 spiro atoms. The van der Waals surface area contributed by atoms with Gasteiger partial charge in [-0.1, -0.05) is 195 Å². The summed E-state index contributed by atoms with van der Waals surface area (Å²) in [6.07, 6.45) is 3.69. The molecule has 1 heterocycles. The van der Waals surface area contributed by atoms with E-state index in [2.05, 4.69) is 219 Å². The molecule has 2 nitrogen and oxygen atoms in total. The molecule has 12 aromatic carbocycles. The van der Waals surface area contributed by atoms with E-state index in [4.69, 9.17) is 0 Å². The van der Waals surface area contributed by atoms with E-state index >= 15 is 17.6 Å². The van der Waals surface area contributed by atoms with Crippen LogP contribution in [0.5, 0.6) is 0 Å². The minimum absolute atomic E-state index is 0.432. The largest absolute Gasteiger partial charge is 0.310 e. The minimum atomic E-state index is -0.969. The van der Waals surface area contributed by atoms with Gasteiger partial charge in [-0.25, -0.2) is 17.6 Å². The SMILES string of the molecule is C=Cc1ccc(C2(c3ccccc3)c3ccccc3-c3ccc(N(c4ccc(F)c(F)c4)c4ccc5sc6ccc(N(c7ccc(F)c(F)c7)c7ccc8c(c7)C(c7ccccc7)(c7ccc(C=C)cc7)c7ccccc7-8)cc6c5c4)cc32)cc1. The molecule has 2 atom stereocenters. The maximum Gasteiger partial charge on any atom is 0.160 e. The summed E-state index contributed by atoms with van der Waals surface area (Å²) in [5.74, 6) is -3.83. The van der Waals surface area contributed by atoms with Gasteiger partial charge in [0.05, 0.1) is 10.8 Å². The summed E-state index contributed by atoms with van der Waals surface area (Å²) in [7, 11) is 0. The Morgan fingerprint density at radius 2 is 0.624 bits per heavy atom. The van der Waals surface area contributed by atoms with Crippen molar-refractivity contribution in [2.75, 3.05) is 9.80 Å². The molecule has 85 heavy (non-hydrogen) atoms. The fourth-order valence-corrected chi connectivity index (χ4v) is 14.7. The van der Waals surface area contributed by atoms with Crippen LogP contribution in [0.25, 0.3) is 54.6 Å². The van der Waals surface area contributed by atoms with Crippen molar-refractivity contribution in [1.29, 1.82) is 0 Å². The monoisotopic (exact) mass is 1120 g/mol. The Morgan fingerprint density at radius 1 is 0.294 bits per heavy atom. The predicted molar refractivity (Wildman–Crippen MR) is 343 cm³/mol. The van der Waals surface area contributed by atoms with Gasteiger partial charge in [-0.05, 0) is 163 Å². The third-order valence-corrected chi connectivity index (χ3v) is 18.6. The van der Waals surface area contributed by atoms with E-state index in [9.17, 15) is 0 Å². The average Bonchev–Trinajstić information content (AvgIpc) is 1.72. The number of thiophene rings is 1. The van der Waals surface area contributed by atoms with Crippen LogP contribution < -0.4 is 9.80 Å². The highest BCUT2D eigenvalue weighted by Crippen LogP contribution is 2.59. The molecule has 2 unspecified atom stereocenters. The number of nitrogens with zero attached hydrogens (tertiary/aromatic N) is 2. The van der Waals surface area contributed by atoms with Crippen LogP contribution in [0.1, 0.15) is 55.6 Å². The molecule has 406 valence electrons. The lowest BCUT2D eigenvalue weighted by Gasteiger charge is -2.35. The van der Waals surface area contributed by atoms with Crippen molar-refractivity contribution >= 4 is 77.8 Å². The molecule has 0 radical (unpaired) electrons. The van der Waals surface area contributed by atoms with Gasteiger partial charge in [0.15, 0.2) is 23.3 Å². The van der Waals surface area contributed by atoms with Crippen LogP contribution in [0.15, 0.2) is 280 Å². The molecular weight excluding hydrogens is 1070 g/mol. The molecule has 0 saturated heterocycles. The van der Waals surface area contributed by atoms with Crippen molar-refractivity contribution in [3.8, 4) is 22.3 Å². The van der Waals surface area contributed by atoms with E-state index in [-0.39, 0.29) is 0 Å². The molecule has 0 saturated carbocycles. The van der Waals surface area contributed by atoms with Crippen LogP contribution in [0.2, 0.25) is 0 Å². The minimum Gasteiger partial charge on any atom is -0.310 e. The third kappa shape index (κ3) is 7.98. The highest BCUT2D eigenvalue weighted by molar-refractivity contribution is 7.25. The highest BCUT2D eigenvalue weighted by Gasteiger charge is 2.48. The Hall–Kier alpha value is -10.3. The van der Waals surface area contributed by atoms with E-state index in [1.54, 1.807) is 23.5 Å². The van der Waals surface area contributed by atoms with Crippen LogP contribution in [-0.4, -0.2) is 0 Å².